The van der Waals surface area contributed by atoms with Gasteiger partial charge in [-0.05, 0) is 49.2 Å². The van der Waals surface area contributed by atoms with Crippen LogP contribution in [0, 0.1) is 19.7 Å². The monoisotopic (exact) mass is 294 g/mol. The van der Waals surface area contributed by atoms with E-state index in [1.807, 2.05) is 0 Å². The van der Waals surface area contributed by atoms with Crippen molar-refractivity contribution in [3.63, 3.8) is 0 Å². The van der Waals surface area contributed by atoms with Gasteiger partial charge in [0.1, 0.15) is 5.82 Å². The van der Waals surface area contributed by atoms with Crippen molar-refractivity contribution < 1.29 is 12.8 Å². The molecule has 0 aliphatic carbocycles. The van der Waals surface area contributed by atoms with Crippen molar-refractivity contribution in [2.75, 3.05) is 10.5 Å². The molecule has 0 fully saturated rings. The topological polar surface area (TPSA) is 72.2 Å². The van der Waals surface area contributed by atoms with Gasteiger partial charge >= 0.3 is 0 Å². The van der Waals surface area contributed by atoms with Crippen LogP contribution < -0.4 is 10.5 Å². The van der Waals surface area contributed by atoms with Crippen molar-refractivity contribution in [3.05, 3.63) is 53.3 Å². The molecule has 2 aromatic carbocycles. The molecule has 2 rings (SSSR count). The average Bonchev–Trinajstić information content (AvgIpc) is 2.36. The molecule has 106 valence electrons. The van der Waals surface area contributed by atoms with Gasteiger partial charge in [-0.25, -0.2) is 12.8 Å². The van der Waals surface area contributed by atoms with Gasteiger partial charge in [-0.1, -0.05) is 12.1 Å². The fourth-order valence-electron chi connectivity index (χ4n) is 1.84. The van der Waals surface area contributed by atoms with E-state index in [1.165, 1.54) is 18.2 Å². The van der Waals surface area contributed by atoms with Crippen molar-refractivity contribution in [3.8, 4) is 0 Å². The highest BCUT2D eigenvalue weighted by Crippen LogP contribution is 2.24. The summed E-state index contributed by atoms with van der Waals surface area (Å²) in [6.07, 6.45) is 0. The average molecular weight is 294 g/mol. The van der Waals surface area contributed by atoms with Crippen LogP contribution in [0.5, 0.6) is 0 Å². The van der Waals surface area contributed by atoms with Gasteiger partial charge in [-0.3, -0.25) is 4.72 Å². The van der Waals surface area contributed by atoms with Gasteiger partial charge in [0.2, 0.25) is 0 Å². The highest BCUT2D eigenvalue weighted by molar-refractivity contribution is 7.92. The molecular weight excluding hydrogens is 279 g/mol. The second kappa shape index (κ2) is 5.13. The number of anilines is 2. The summed E-state index contributed by atoms with van der Waals surface area (Å²) in [5.41, 5.74) is 7.19. The van der Waals surface area contributed by atoms with Crippen LogP contribution in [0.3, 0.4) is 0 Å². The number of nitrogen functional groups attached to an aromatic ring is 1. The van der Waals surface area contributed by atoms with Gasteiger partial charge in [0.15, 0.2) is 0 Å². The molecule has 0 saturated heterocycles. The lowest BCUT2D eigenvalue weighted by molar-refractivity contribution is 0.598. The fraction of sp³-hybridized carbons (Fsp3) is 0.143. The molecule has 0 aromatic heterocycles. The number of sulfonamides is 1. The summed E-state index contributed by atoms with van der Waals surface area (Å²) in [6, 6.07) is 8.82. The lowest BCUT2D eigenvalue weighted by atomic mass is 10.2. The third-order valence-electron chi connectivity index (χ3n) is 2.98. The molecule has 0 aliphatic heterocycles. The Morgan fingerprint density at radius 2 is 1.85 bits per heavy atom. The zero-order valence-electron chi connectivity index (χ0n) is 11.1. The van der Waals surface area contributed by atoms with Gasteiger partial charge in [0.05, 0.1) is 10.6 Å². The predicted octanol–water partition coefficient (Wildman–Crippen LogP) is 2.83. The largest absolute Gasteiger partial charge is 0.398 e. The number of rotatable bonds is 3. The number of nitrogens with two attached hydrogens (primary N) is 1. The van der Waals surface area contributed by atoms with E-state index < -0.39 is 15.8 Å². The third kappa shape index (κ3) is 2.75. The summed E-state index contributed by atoms with van der Waals surface area (Å²) in [4.78, 5) is 0.0402. The molecule has 0 bridgehead atoms. The first-order valence-corrected chi connectivity index (χ1v) is 7.43. The Hall–Kier alpha value is -2.08. The van der Waals surface area contributed by atoms with Crippen molar-refractivity contribution in [1.82, 2.24) is 0 Å². The zero-order valence-corrected chi connectivity index (χ0v) is 12.0. The van der Waals surface area contributed by atoms with Gasteiger partial charge in [-0.2, -0.15) is 0 Å². The number of benzene rings is 2. The Balaban J connectivity index is 2.46. The first kappa shape index (κ1) is 14.3. The lowest BCUT2D eigenvalue weighted by Crippen LogP contribution is -2.16. The van der Waals surface area contributed by atoms with Crippen LogP contribution in [0.4, 0.5) is 15.8 Å². The molecule has 0 saturated carbocycles. The first-order chi connectivity index (χ1) is 9.31. The molecule has 0 atom stereocenters. The summed E-state index contributed by atoms with van der Waals surface area (Å²) in [5, 5.41) is 0. The highest BCUT2D eigenvalue weighted by Gasteiger charge is 2.19. The van der Waals surface area contributed by atoms with Crippen LogP contribution in [0.15, 0.2) is 41.3 Å². The summed E-state index contributed by atoms with van der Waals surface area (Å²) < 4.78 is 40.5. The Morgan fingerprint density at radius 3 is 2.55 bits per heavy atom. The van der Waals surface area contributed by atoms with Gasteiger partial charge in [-0.15, -0.1) is 0 Å². The summed E-state index contributed by atoms with van der Waals surface area (Å²) in [5.74, 6) is -0.624. The van der Waals surface area contributed by atoms with Gasteiger partial charge in [0.25, 0.3) is 10.0 Å². The maximum atomic E-state index is 13.6. The molecule has 20 heavy (non-hydrogen) atoms. The van der Waals surface area contributed by atoms with Crippen LogP contribution in [0.25, 0.3) is 0 Å². The van der Waals surface area contributed by atoms with E-state index in [1.54, 1.807) is 32.0 Å². The second-order valence-corrected chi connectivity index (χ2v) is 6.21. The second-order valence-electron chi connectivity index (χ2n) is 4.56. The minimum Gasteiger partial charge on any atom is -0.398 e. The molecule has 6 heteroatoms. The van der Waals surface area contributed by atoms with Crippen LogP contribution in [0.1, 0.15) is 11.1 Å². The smallest absolute Gasteiger partial charge is 0.262 e. The van der Waals surface area contributed by atoms with Crippen molar-refractivity contribution >= 4 is 21.4 Å². The molecular formula is C14H15FN2O2S. The molecule has 0 heterocycles. The molecule has 0 unspecified atom stereocenters. The summed E-state index contributed by atoms with van der Waals surface area (Å²) in [7, 11) is -3.88. The number of hydrogen-bond acceptors (Lipinski definition) is 3. The van der Waals surface area contributed by atoms with Crippen molar-refractivity contribution in [1.29, 1.82) is 0 Å². The summed E-state index contributed by atoms with van der Waals surface area (Å²) in [6.45, 7) is 3.36. The number of hydrogen-bond donors (Lipinski definition) is 2. The highest BCUT2D eigenvalue weighted by atomic mass is 32.2. The van der Waals surface area contributed by atoms with E-state index in [-0.39, 0.29) is 10.6 Å². The summed E-state index contributed by atoms with van der Waals surface area (Å²) >= 11 is 0. The Kier molecular flexibility index (Phi) is 3.67. The fourth-order valence-corrected chi connectivity index (χ4v) is 3.17. The van der Waals surface area contributed by atoms with E-state index in [4.69, 9.17) is 5.73 Å². The standard InChI is InChI=1S/C14H15FN2O2S/c1-9-6-7-11(15)13(8-9)17-20(18,19)14-5-3-4-12(16)10(14)2/h3-8,17H,16H2,1-2H3. The van der Waals surface area contributed by atoms with E-state index >= 15 is 0 Å². The van der Waals surface area contributed by atoms with Crippen LogP contribution in [-0.4, -0.2) is 8.42 Å². The van der Waals surface area contributed by atoms with Crippen LogP contribution in [-0.2, 0) is 10.0 Å². The first-order valence-electron chi connectivity index (χ1n) is 5.95. The maximum absolute atomic E-state index is 13.6. The van der Waals surface area contributed by atoms with E-state index in [0.717, 1.165) is 5.56 Å². The Morgan fingerprint density at radius 1 is 1.15 bits per heavy atom. The number of aryl methyl sites for hydroxylation is 1. The SMILES string of the molecule is Cc1ccc(F)c(NS(=O)(=O)c2cccc(N)c2C)c1. The predicted molar refractivity (Wildman–Crippen MR) is 77.5 cm³/mol. The van der Waals surface area contributed by atoms with Crippen LogP contribution in [0.2, 0.25) is 0 Å². The third-order valence-corrected chi connectivity index (χ3v) is 4.49. The normalized spacial score (nSPS) is 11.3. The van der Waals surface area contributed by atoms with E-state index in [0.29, 0.717) is 11.3 Å². The molecule has 0 amide bonds. The van der Waals surface area contributed by atoms with Crippen molar-refractivity contribution in [2.24, 2.45) is 0 Å². The van der Waals surface area contributed by atoms with Crippen molar-refractivity contribution in [2.45, 2.75) is 18.7 Å². The van der Waals surface area contributed by atoms with E-state index in [9.17, 15) is 12.8 Å². The number of nitrogens with one attached hydrogen (secondary N) is 1. The maximum Gasteiger partial charge on any atom is 0.262 e. The molecule has 0 radical (unpaired) electrons. The molecule has 0 aliphatic rings. The Bertz CT molecular complexity index is 758. The van der Waals surface area contributed by atoms with Gasteiger partial charge in [0, 0.05) is 5.69 Å². The van der Waals surface area contributed by atoms with Crippen LogP contribution >= 0.6 is 0 Å². The zero-order chi connectivity index (χ0) is 14.9. The Labute approximate surface area is 117 Å². The minimum atomic E-state index is -3.88. The minimum absolute atomic E-state index is 0.0402. The molecule has 0 spiro atoms. The quantitative estimate of drug-likeness (QED) is 0.855. The molecule has 2 aromatic rings. The van der Waals surface area contributed by atoms with Gasteiger partial charge < -0.3 is 5.73 Å². The molecule has 4 nitrogen and oxygen atoms in total. The lowest BCUT2D eigenvalue weighted by Gasteiger charge is -2.12. The number of halogens is 1. The molecule has 3 N–H and O–H groups in total. The van der Waals surface area contributed by atoms with E-state index in [2.05, 4.69) is 4.72 Å².